The number of nitrogens with zero attached hydrogens (tertiary/aromatic N) is 1. The maximum atomic E-state index is 12.4. The van der Waals surface area contributed by atoms with Crippen LogP contribution in [-0.2, 0) is 17.6 Å². The summed E-state index contributed by atoms with van der Waals surface area (Å²) in [5.41, 5.74) is 3.02. The summed E-state index contributed by atoms with van der Waals surface area (Å²) in [6, 6.07) is 4.56. The summed E-state index contributed by atoms with van der Waals surface area (Å²) in [5, 5.41) is 10.00. The van der Waals surface area contributed by atoms with Crippen LogP contribution in [0.1, 0.15) is 38.5 Å². The van der Waals surface area contributed by atoms with E-state index in [9.17, 15) is 9.59 Å². The number of nitrogens with one attached hydrogen (secondary N) is 2. The van der Waals surface area contributed by atoms with Crippen molar-refractivity contribution in [1.82, 2.24) is 10.2 Å². The first-order valence-electron chi connectivity index (χ1n) is 6.85. The average molecular weight is 320 g/mol. The van der Waals surface area contributed by atoms with E-state index in [0.29, 0.717) is 22.0 Å². The Labute approximate surface area is 131 Å². The lowest BCUT2D eigenvalue weighted by Gasteiger charge is -2.08. The van der Waals surface area contributed by atoms with Crippen molar-refractivity contribution < 1.29 is 14.3 Å². The van der Waals surface area contributed by atoms with Gasteiger partial charge in [0.1, 0.15) is 0 Å². The Morgan fingerprint density at radius 3 is 2.95 bits per heavy atom. The normalized spacial score (nSPS) is 12.8. The number of aromatic amines is 1. The van der Waals surface area contributed by atoms with Gasteiger partial charge in [-0.2, -0.15) is 5.10 Å². The minimum atomic E-state index is -0.493. The number of anilines is 1. The lowest BCUT2D eigenvalue weighted by Crippen LogP contribution is -2.15. The number of carbonyl (C=O) groups excluding carboxylic acids is 2. The molecule has 6 nitrogen and oxygen atoms in total. The van der Waals surface area contributed by atoms with Crippen LogP contribution in [0, 0.1) is 0 Å². The fraction of sp³-hybridized carbons (Fsp3) is 0.267. The molecule has 0 saturated heterocycles. The van der Waals surface area contributed by atoms with Gasteiger partial charge in [-0.15, -0.1) is 0 Å². The topological polar surface area (TPSA) is 84.1 Å². The van der Waals surface area contributed by atoms with Crippen molar-refractivity contribution in [2.75, 3.05) is 12.4 Å². The molecule has 1 aromatic carbocycles. The van der Waals surface area contributed by atoms with Crippen molar-refractivity contribution in [3.8, 4) is 0 Å². The molecule has 0 saturated carbocycles. The second-order valence-corrected chi connectivity index (χ2v) is 5.43. The second kappa shape index (κ2) is 5.81. The molecule has 114 valence electrons. The number of H-pyrrole nitrogens is 1. The highest BCUT2D eigenvalue weighted by molar-refractivity contribution is 6.34. The van der Waals surface area contributed by atoms with Gasteiger partial charge in [-0.25, -0.2) is 4.79 Å². The number of fused-ring (bicyclic) bond motifs is 1. The number of benzene rings is 1. The molecule has 0 spiro atoms. The summed E-state index contributed by atoms with van der Waals surface area (Å²) in [4.78, 5) is 23.9. The zero-order chi connectivity index (χ0) is 15.7. The first kappa shape index (κ1) is 14.6. The molecular formula is C15H14ClN3O3. The van der Waals surface area contributed by atoms with E-state index in [2.05, 4.69) is 20.3 Å². The van der Waals surface area contributed by atoms with Crippen LogP contribution in [0.15, 0.2) is 18.2 Å². The van der Waals surface area contributed by atoms with Crippen LogP contribution in [0.5, 0.6) is 0 Å². The monoisotopic (exact) mass is 319 g/mol. The van der Waals surface area contributed by atoms with Gasteiger partial charge < -0.3 is 10.1 Å². The molecule has 1 heterocycles. The molecule has 2 aromatic rings. The molecule has 1 aliphatic carbocycles. The smallest absolute Gasteiger partial charge is 0.337 e. The Bertz CT molecular complexity index is 754. The molecule has 3 rings (SSSR count). The van der Waals surface area contributed by atoms with E-state index >= 15 is 0 Å². The van der Waals surface area contributed by atoms with E-state index in [1.165, 1.54) is 19.2 Å². The minimum Gasteiger partial charge on any atom is -0.465 e. The van der Waals surface area contributed by atoms with Gasteiger partial charge in [0.25, 0.3) is 5.91 Å². The van der Waals surface area contributed by atoms with Gasteiger partial charge >= 0.3 is 5.97 Å². The van der Waals surface area contributed by atoms with Gasteiger partial charge in [0.2, 0.25) is 0 Å². The fourth-order valence-corrected chi connectivity index (χ4v) is 2.72. The maximum absolute atomic E-state index is 12.4. The number of aryl methyl sites for hydroxylation is 1. The van der Waals surface area contributed by atoms with Crippen molar-refractivity contribution in [2.45, 2.75) is 19.3 Å². The first-order valence-corrected chi connectivity index (χ1v) is 7.23. The molecule has 0 aliphatic heterocycles. The van der Waals surface area contributed by atoms with Crippen LogP contribution in [0.3, 0.4) is 0 Å². The van der Waals surface area contributed by atoms with Crippen molar-refractivity contribution in [1.29, 1.82) is 0 Å². The minimum absolute atomic E-state index is 0.314. The van der Waals surface area contributed by atoms with Crippen molar-refractivity contribution in [3.63, 3.8) is 0 Å². The van der Waals surface area contributed by atoms with E-state index in [4.69, 9.17) is 11.6 Å². The molecule has 22 heavy (non-hydrogen) atoms. The Morgan fingerprint density at radius 2 is 2.18 bits per heavy atom. The number of methoxy groups -OCH3 is 1. The predicted octanol–water partition coefficient (Wildman–Crippen LogP) is 2.59. The van der Waals surface area contributed by atoms with Gasteiger partial charge in [-0.05, 0) is 37.5 Å². The zero-order valence-corrected chi connectivity index (χ0v) is 12.7. The van der Waals surface area contributed by atoms with E-state index in [1.54, 1.807) is 6.07 Å². The van der Waals surface area contributed by atoms with Crippen molar-refractivity contribution in [3.05, 3.63) is 45.7 Å². The quantitative estimate of drug-likeness (QED) is 0.852. The van der Waals surface area contributed by atoms with Gasteiger partial charge in [0, 0.05) is 11.3 Å². The van der Waals surface area contributed by atoms with E-state index in [1.807, 2.05) is 0 Å². The summed E-state index contributed by atoms with van der Waals surface area (Å²) in [6.07, 6.45) is 2.77. The second-order valence-electron chi connectivity index (χ2n) is 5.02. The Morgan fingerprint density at radius 1 is 1.36 bits per heavy atom. The third-order valence-corrected chi connectivity index (χ3v) is 3.99. The van der Waals surface area contributed by atoms with Crippen LogP contribution in [0.4, 0.5) is 5.69 Å². The van der Waals surface area contributed by atoms with Gasteiger partial charge in [-0.3, -0.25) is 9.89 Å². The summed E-state index contributed by atoms with van der Waals surface area (Å²) >= 11 is 6.07. The molecule has 7 heteroatoms. The molecule has 2 N–H and O–H groups in total. The molecule has 1 amide bonds. The van der Waals surface area contributed by atoms with Gasteiger partial charge in [0.15, 0.2) is 5.69 Å². The molecule has 0 bridgehead atoms. The lowest BCUT2D eigenvalue weighted by atomic mass is 10.1. The van der Waals surface area contributed by atoms with Crippen LogP contribution in [0.25, 0.3) is 0 Å². The highest BCUT2D eigenvalue weighted by Gasteiger charge is 2.23. The number of carbonyl (C=O) groups is 2. The summed E-state index contributed by atoms with van der Waals surface area (Å²) in [7, 11) is 1.29. The Hall–Kier alpha value is -2.34. The van der Waals surface area contributed by atoms with Crippen LogP contribution < -0.4 is 5.32 Å². The number of hydrogen-bond acceptors (Lipinski definition) is 4. The fourth-order valence-electron chi connectivity index (χ4n) is 2.55. The van der Waals surface area contributed by atoms with Crippen LogP contribution >= 0.6 is 11.6 Å². The highest BCUT2D eigenvalue weighted by Crippen LogP contribution is 2.26. The molecular weight excluding hydrogens is 306 g/mol. The number of rotatable bonds is 3. The molecule has 0 fully saturated rings. The van der Waals surface area contributed by atoms with Crippen molar-refractivity contribution in [2.24, 2.45) is 0 Å². The Kier molecular flexibility index (Phi) is 3.85. The predicted molar refractivity (Wildman–Crippen MR) is 81.4 cm³/mol. The molecule has 0 unspecified atom stereocenters. The highest BCUT2D eigenvalue weighted by atomic mass is 35.5. The molecule has 1 aromatic heterocycles. The SMILES string of the molecule is COC(=O)c1ccc(Cl)c(NC(=O)c2n[nH]c3c2CCC3)c1. The van der Waals surface area contributed by atoms with Crippen molar-refractivity contribution >= 4 is 29.2 Å². The van der Waals surface area contributed by atoms with Gasteiger partial charge in [-0.1, -0.05) is 11.6 Å². The third kappa shape index (κ3) is 2.57. The average Bonchev–Trinajstić information content (AvgIpc) is 3.11. The van der Waals surface area contributed by atoms with Crippen LogP contribution in [0.2, 0.25) is 5.02 Å². The number of esters is 1. The van der Waals surface area contributed by atoms with Crippen LogP contribution in [-0.4, -0.2) is 29.2 Å². The Balaban J connectivity index is 1.86. The number of aromatic nitrogens is 2. The third-order valence-electron chi connectivity index (χ3n) is 3.66. The molecule has 1 aliphatic rings. The summed E-state index contributed by atoms with van der Waals surface area (Å²) < 4.78 is 4.66. The standard InChI is InChI=1S/C15H14ClN3O3/c1-22-15(21)8-5-6-10(16)12(7-8)17-14(20)13-9-3-2-4-11(9)18-19-13/h5-7H,2-4H2,1H3,(H,17,20)(H,18,19). The maximum Gasteiger partial charge on any atom is 0.337 e. The van der Waals surface area contributed by atoms with Gasteiger partial charge in [0.05, 0.1) is 23.4 Å². The number of hydrogen-bond donors (Lipinski definition) is 2. The van der Waals surface area contributed by atoms with E-state index in [0.717, 1.165) is 30.5 Å². The lowest BCUT2D eigenvalue weighted by molar-refractivity contribution is 0.0600. The number of halogens is 1. The number of amides is 1. The largest absolute Gasteiger partial charge is 0.465 e. The molecule has 0 radical (unpaired) electrons. The summed E-state index contributed by atoms with van der Waals surface area (Å²) in [5.74, 6) is -0.837. The summed E-state index contributed by atoms with van der Waals surface area (Å²) in [6.45, 7) is 0. The van der Waals surface area contributed by atoms with E-state index in [-0.39, 0.29) is 5.91 Å². The first-order chi connectivity index (χ1) is 10.6. The molecule has 0 atom stereocenters. The zero-order valence-electron chi connectivity index (χ0n) is 11.9. The van der Waals surface area contributed by atoms with E-state index < -0.39 is 5.97 Å². The number of ether oxygens (including phenoxy) is 1.